The highest BCUT2D eigenvalue weighted by atomic mass is 19.4. The maximum Gasteiger partial charge on any atom is 0.417 e. The van der Waals surface area contributed by atoms with Gasteiger partial charge in [0.1, 0.15) is 17.5 Å². The maximum absolute atomic E-state index is 12.5. The molecule has 0 aliphatic carbocycles. The minimum atomic E-state index is -4.53. The number of aromatic nitrogens is 1. The average Bonchev–Trinajstić information content (AvgIpc) is 2.87. The summed E-state index contributed by atoms with van der Waals surface area (Å²) in [6.07, 6.45) is -5.59. The van der Waals surface area contributed by atoms with Crippen molar-refractivity contribution >= 4 is 17.8 Å². The molecule has 0 bridgehead atoms. The highest BCUT2D eigenvalue weighted by molar-refractivity contribution is 5.96. The van der Waals surface area contributed by atoms with E-state index in [1.54, 1.807) is 20.8 Å². The van der Waals surface area contributed by atoms with E-state index >= 15 is 0 Å². The summed E-state index contributed by atoms with van der Waals surface area (Å²) >= 11 is 0. The first kappa shape index (κ1) is 20.0. The zero-order valence-electron chi connectivity index (χ0n) is 14.5. The first-order valence-electron chi connectivity index (χ1n) is 7.88. The van der Waals surface area contributed by atoms with Gasteiger partial charge in [-0.25, -0.2) is 9.78 Å². The van der Waals surface area contributed by atoms with Crippen LogP contribution in [0.2, 0.25) is 0 Å². The second-order valence-corrected chi connectivity index (χ2v) is 6.96. The van der Waals surface area contributed by atoms with Crippen LogP contribution in [0, 0.1) is 0 Å². The summed E-state index contributed by atoms with van der Waals surface area (Å²) in [5.74, 6) is -0.756. The van der Waals surface area contributed by atoms with Crippen LogP contribution in [0.15, 0.2) is 18.3 Å². The Labute approximate surface area is 148 Å². The van der Waals surface area contributed by atoms with Crippen LogP contribution >= 0.6 is 0 Å². The molecular weight excluding hydrogens is 355 g/mol. The van der Waals surface area contributed by atoms with Gasteiger partial charge < -0.3 is 15.2 Å². The number of nitrogens with zero attached hydrogens (tertiary/aromatic N) is 2. The van der Waals surface area contributed by atoms with Gasteiger partial charge in [0.05, 0.1) is 18.2 Å². The van der Waals surface area contributed by atoms with Gasteiger partial charge in [0.25, 0.3) is 0 Å². The highest BCUT2D eigenvalue weighted by Crippen LogP contribution is 2.29. The molecule has 0 saturated carbocycles. The predicted octanol–water partition coefficient (Wildman–Crippen LogP) is 2.41. The van der Waals surface area contributed by atoms with Crippen molar-refractivity contribution in [1.82, 2.24) is 9.88 Å². The summed E-state index contributed by atoms with van der Waals surface area (Å²) in [5.41, 5.74) is -1.72. The zero-order chi connectivity index (χ0) is 19.7. The molecule has 1 fully saturated rings. The smallest absolute Gasteiger partial charge is 0.417 e. The highest BCUT2D eigenvalue weighted by Gasteiger charge is 2.41. The maximum atomic E-state index is 12.5. The first-order chi connectivity index (χ1) is 11.9. The number of alkyl halides is 3. The zero-order valence-corrected chi connectivity index (χ0v) is 14.5. The summed E-state index contributed by atoms with van der Waals surface area (Å²) in [6, 6.07) is 0.797. The lowest BCUT2D eigenvalue weighted by atomic mass is 10.2. The van der Waals surface area contributed by atoms with E-state index in [1.807, 2.05) is 0 Å². The third kappa shape index (κ3) is 5.07. The molecule has 2 atom stereocenters. The van der Waals surface area contributed by atoms with Gasteiger partial charge in [-0.15, -0.1) is 0 Å². The van der Waals surface area contributed by atoms with Crippen LogP contribution in [-0.4, -0.2) is 51.3 Å². The predicted molar refractivity (Wildman–Crippen MR) is 85.2 cm³/mol. The molecule has 1 aromatic heterocycles. The van der Waals surface area contributed by atoms with Gasteiger partial charge >= 0.3 is 12.3 Å². The number of likely N-dealkylation sites (tertiary alicyclic amines) is 1. The number of ether oxygens (including phenoxy) is 1. The molecule has 0 spiro atoms. The number of amides is 2. The van der Waals surface area contributed by atoms with Gasteiger partial charge in [0.2, 0.25) is 5.91 Å². The SMILES string of the molecule is CC(C)(C)OC(=O)N1CC(O)CC1C(=O)Nc1ccc(C(F)(F)F)cn1. The van der Waals surface area contributed by atoms with Crippen LogP contribution in [0.4, 0.5) is 23.8 Å². The number of aliphatic hydroxyl groups is 1. The van der Waals surface area contributed by atoms with E-state index < -0.39 is 41.5 Å². The van der Waals surface area contributed by atoms with E-state index in [0.717, 1.165) is 17.0 Å². The lowest BCUT2D eigenvalue weighted by Gasteiger charge is -2.27. The lowest BCUT2D eigenvalue weighted by Crippen LogP contribution is -2.45. The number of rotatable bonds is 2. The fourth-order valence-electron chi connectivity index (χ4n) is 2.43. The molecule has 0 aromatic carbocycles. The van der Waals surface area contributed by atoms with Crippen LogP contribution in [0.1, 0.15) is 32.8 Å². The van der Waals surface area contributed by atoms with E-state index in [2.05, 4.69) is 10.3 Å². The normalized spacial score (nSPS) is 20.8. The summed E-state index contributed by atoms with van der Waals surface area (Å²) in [7, 11) is 0. The molecule has 1 saturated heterocycles. The van der Waals surface area contributed by atoms with Crippen molar-refractivity contribution in [3.63, 3.8) is 0 Å². The molecule has 2 unspecified atom stereocenters. The second-order valence-electron chi connectivity index (χ2n) is 6.96. The Morgan fingerprint density at radius 1 is 1.31 bits per heavy atom. The summed E-state index contributed by atoms with van der Waals surface area (Å²) < 4.78 is 42.8. The Balaban J connectivity index is 2.08. The lowest BCUT2D eigenvalue weighted by molar-refractivity contribution is -0.137. The van der Waals surface area contributed by atoms with Crippen LogP contribution in [0.5, 0.6) is 0 Å². The van der Waals surface area contributed by atoms with Crippen molar-refractivity contribution in [2.24, 2.45) is 0 Å². The van der Waals surface area contributed by atoms with Gasteiger partial charge in [-0.1, -0.05) is 0 Å². The Morgan fingerprint density at radius 3 is 2.46 bits per heavy atom. The molecule has 144 valence electrons. The minimum Gasteiger partial charge on any atom is -0.444 e. The number of halogens is 3. The molecule has 2 N–H and O–H groups in total. The van der Waals surface area contributed by atoms with Crippen LogP contribution < -0.4 is 5.32 Å². The first-order valence-corrected chi connectivity index (χ1v) is 7.88. The molecule has 7 nitrogen and oxygen atoms in total. The van der Waals surface area contributed by atoms with E-state index in [-0.39, 0.29) is 18.8 Å². The standard InChI is InChI=1S/C16H20F3N3O4/c1-15(2,3)26-14(25)22-8-10(23)6-11(22)13(24)21-12-5-4-9(7-20-12)16(17,18)19/h4-5,7,10-11,23H,6,8H2,1-3H3,(H,20,21,24). The molecule has 1 aliphatic heterocycles. The third-order valence-electron chi connectivity index (χ3n) is 3.55. The van der Waals surface area contributed by atoms with Gasteiger partial charge in [-0.2, -0.15) is 13.2 Å². The average molecular weight is 375 g/mol. The molecule has 2 amide bonds. The molecule has 1 aliphatic rings. The van der Waals surface area contributed by atoms with Crippen molar-refractivity contribution in [3.05, 3.63) is 23.9 Å². The van der Waals surface area contributed by atoms with E-state index in [0.29, 0.717) is 6.20 Å². The van der Waals surface area contributed by atoms with Gasteiger partial charge in [-0.05, 0) is 32.9 Å². The topological polar surface area (TPSA) is 91.8 Å². The number of hydrogen-bond donors (Lipinski definition) is 2. The summed E-state index contributed by atoms with van der Waals surface area (Å²) in [5, 5.41) is 12.1. The van der Waals surface area contributed by atoms with Crippen molar-refractivity contribution < 1.29 is 32.6 Å². The number of carbonyl (C=O) groups is 2. The number of β-amino-alcohol motifs (C(OH)–C–C–N with tert-alkyl or cyclic N) is 1. The number of aliphatic hydroxyl groups excluding tert-OH is 1. The van der Waals surface area contributed by atoms with Crippen LogP contribution in [-0.2, 0) is 15.7 Å². The molecule has 0 radical (unpaired) electrons. The fraction of sp³-hybridized carbons (Fsp3) is 0.562. The van der Waals surface area contributed by atoms with E-state index in [1.165, 1.54) is 0 Å². The molecule has 26 heavy (non-hydrogen) atoms. The quantitative estimate of drug-likeness (QED) is 0.828. The van der Waals surface area contributed by atoms with E-state index in [9.17, 15) is 27.9 Å². The van der Waals surface area contributed by atoms with Crippen molar-refractivity contribution in [1.29, 1.82) is 0 Å². The largest absolute Gasteiger partial charge is 0.444 e. The summed E-state index contributed by atoms with van der Waals surface area (Å²) in [4.78, 5) is 29.2. The second kappa shape index (κ2) is 7.10. The van der Waals surface area contributed by atoms with Gasteiger partial charge in [0.15, 0.2) is 0 Å². The van der Waals surface area contributed by atoms with Crippen LogP contribution in [0.3, 0.4) is 0 Å². The van der Waals surface area contributed by atoms with Crippen molar-refractivity contribution in [3.8, 4) is 0 Å². The number of anilines is 1. The monoisotopic (exact) mass is 375 g/mol. The van der Waals surface area contributed by atoms with Gasteiger partial charge in [-0.3, -0.25) is 9.69 Å². The molecule has 2 rings (SSSR count). The molecular formula is C16H20F3N3O4. The van der Waals surface area contributed by atoms with Crippen molar-refractivity contribution in [2.75, 3.05) is 11.9 Å². The Kier molecular flexibility index (Phi) is 5.45. The molecule has 1 aromatic rings. The van der Waals surface area contributed by atoms with Gasteiger partial charge in [0, 0.05) is 12.6 Å². The molecule has 10 heteroatoms. The van der Waals surface area contributed by atoms with E-state index in [4.69, 9.17) is 4.74 Å². The molecule has 2 heterocycles. The number of carbonyl (C=O) groups excluding carboxylic acids is 2. The third-order valence-corrected chi connectivity index (χ3v) is 3.55. The Hall–Kier alpha value is -2.36. The minimum absolute atomic E-state index is 0.00822. The van der Waals surface area contributed by atoms with Crippen LogP contribution in [0.25, 0.3) is 0 Å². The Morgan fingerprint density at radius 2 is 1.96 bits per heavy atom. The van der Waals surface area contributed by atoms with Crippen molar-refractivity contribution in [2.45, 2.75) is 51.1 Å². The number of pyridine rings is 1. The number of hydrogen-bond acceptors (Lipinski definition) is 5. The number of nitrogens with one attached hydrogen (secondary N) is 1. The summed E-state index contributed by atoms with van der Waals surface area (Å²) in [6.45, 7) is 4.92. The Bertz CT molecular complexity index is 671. The fourth-order valence-corrected chi connectivity index (χ4v) is 2.43.